The molecule has 1 saturated heterocycles. The van der Waals surface area contributed by atoms with Crippen LogP contribution in [0.25, 0.3) is 17.7 Å². The molecule has 64 heavy (non-hydrogen) atoms. The van der Waals surface area contributed by atoms with Crippen molar-refractivity contribution in [3.8, 4) is 11.5 Å². The fourth-order valence-electron chi connectivity index (χ4n) is 6.11. The summed E-state index contributed by atoms with van der Waals surface area (Å²) in [6, 6.07) is 11.3. The highest BCUT2D eigenvalue weighted by atomic mass is 79.9. The van der Waals surface area contributed by atoms with Crippen LogP contribution in [0.15, 0.2) is 70.6 Å². The first-order valence-electron chi connectivity index (χ1n) is 21.1. The summed E-state index contributed by atoms with van der Waals surface area (Å²) in [5.41, 5.74) is 3.30. The van der Waals surface area contributed by atoms with Crippen LogP contribution < -0.4 is 9.47 Å². The molecule has 0 aliphatic carbocycles. The van der Waals surface area contributed by atoms with Crippen LogP contribution in [0.5, 0.6) is 11.5 Å². The molecule has 0 unspecified atom stereocenters. The number of rotatable bonds is 8. The topological polar surface area (TPSA) is 149 Å². The van der Waals surface area contributed by atoms with Crippen molar-refractivity contribution in [1.29, 1.82) is 0 Å². The van der Waals surface area contributed by atoms with Gasteiger partial charge in [0.1, 0.15) is 22.7 Å². The van der Waals surface area contributed by atoms with Crippen molar-refractivity contribution in [3.63, 3.8) is 0 Å². The van der Waals surface area contributed by atoms with E-state index in [4.69, 9.17) is 28.3 Å². The molecule has 0 atom stereocenters. The summed E-state index contributed by atoms with van der Waals surface area (Å²) in [5, 5.41) is 0. The number of nitrogens with zero attached hydrogens (tertiary/aromatic N) is 2. The van der Waals surface area contributed by atoms with Gasteiger partial charge in [-0.25, -0.2) is 19.2 Å². The highest BCUT2D eigenvalue weighted by Crippen LogP contribution is 2.39. The Morgan fingerprint density at radius 2 is 1.12 bits per heavy atom. The van der Waals surface area contributed by atoms with E-state index in [1.807, 2.05) is 118 Å². The third kappa shape index (κ3) is 16.5. The maximum absolute atomic E-state index is 12.2. The van der Waals surface area contributed by atoms with Crippen LogP contribution in [0.3, 0.4) is 0 Å². The number of esters is 2. The SMILES string of the molecule is CC(C)(C)OC(=O)N1CC=C(B2OC(C)(C)C(C)(C)O2)CC1.COC(=O)/C=C/c1ccc(Br)c(OC)c1.COC(=O)/C=C/c1ccc(C2=CCN(C(=O)OC(C)(C)C)CC2)c(OC)c1. The fraction of sp³-hybridized carbons (Fsp3) is 0.500. The Morgan fingerprint density at radius 3 is 1.53 bits per heavy atom. The maximum Gasteiger partial charge on any atom is 0.490 e. The van der Waals surface area contributed by atoms with Gasteiger partial charge >= 0.3 is 31.2 Å². The second kappa shape index (κ2) is 23.2. The number of hydrogen-bond acceptors (Lipinski definition) is 12. The Hall–Kier alpha value is -5.06. The van der Waals surface area contributed by atoms with E-state index in [0.29, 0.717) is 32.6 Å². The van der Waals surface area contributed by atoms with Gasteiger partial charge in [0, 0.05) is 43.9 Å². The van der Waals surface area contributed by atoms with Crippen LogP contribution in [0, 0.1) is 0 Å². The minimum atomic E-state index is -0.502. The molecule has 0 spiro atoms. The van der Waals surface area contributed by atoms with E-state index in [9.17, 15) is 19.2 Å². The van der Waals surface area contributed by atoms with E-state index in [2.05, 4.69) is 25.4 Å². The first-order valence-corrected chi connectivity index (χ1v) is 21.8. The maximum atomic E-state index is 12.2. The van der Waals surface area contributed by atoms with E-state index in [1.165, 1.54) is 26.4 Å². The van der Waals surface area contributed by atoms with Crippen LogP contribution in [0.2, 0.25) is 0 Å². The highest BCUT2D eigenvalue weighted by Gasteiger charge is 2.52. The van der Waals surface area contributed by atoms with Gasteiger partial charge in [0.05, 0.1) is 44.1 Å². The van der Waals surface area contributed by atoms with Gasteiger partial charge in [-0.2, -0.15) is 0 Å². The Kier molecular flexibility index (Phi) is 19.3. The molecule has 0 saturated carbocycles. The summed E-state index contributed by atoms with van der Waals surface area (Å²) in [6.07, 6.45) is 11.0. The Bertz CT molecular complexity index is 2060. The molecule has 3 aliphatic rings. The first-order chi connectivity index (χ1) is 29.8. The number of hydrogen-bond donors (Lipinski definition) is 0. The molecule has 5 rings (SSSR count). The Balaban J connectivity index is 0.000000266. The zero-order chi connectivity index (χ0) is 48.0. The minimum Gasteiger partial charge on any atom is -0.496 e. The number of carbonyl (C=O) groups is 4. The highest BCUT2D eigenvalue weighted by molar-refractivity contribution is 9.10. The standard InChI is InChI=1S/C21H27NO5.C16H28BNO4.C11H11BrO3/c1-21(2,3)27-20(24)22-12-10-16(11-13-22)17-8-6-15(14-18(17)25-4)7-9-19(23)26-5;1-14(2,3)20-13(19)18-10-8-12(9-11-18)17-21-15(4,5)16(6,7)22-17;1-14-10-7-8(3-5-9(10)12)4-6-11(13)15-2/h6-10,14H,11-13H2,1-5H3;8H,9-11H2,1-7H3;3-7H,1-2H3/b9-7+;;6-4+. The molecule has 2 aromatic carbocycles. The van der Waals surface area contributed by atoms with Gasteiger partial charge in [-0.1, -0.05) is 30.4 Å². The minimum absolute atomic E-state index is 0.267. The van der Waals surface area contributed by atoms with Crippen LogP contribution in [0.1, 0.15) is 98.8 Å². The van der Waals surface area contributed by atoms with Crippen LogP contribution in [-0.4, -0.2) is 118 Å². The molecule has 350 valence electrons. The third-order valence-corrected chi connectivity index (χ3v) is 10.9. The summed E-state index contributed by atoms with van der Waals surface area (Å²) in [6.45, 7) is 21.6. The van der Waals surface area contributed by atoms with E-state index in [1.54, 1.807) is 36.2 Å². The van der Waals surface area contributed by atoms with E-state index >= 15 is 0 Å². The zero-order valence-corrected chi connectivity index (χ0v) is 41.5. The van der Waals surface area contributed by atoms with Gasteiger partial charge in [-0.3, -0.25) is 0 Å². The molecule has 14 nitrogen and oxygen atoms in total. The zero-order valence-electron chi connectivity index (χ0n) is 39.9. The summed E-state index contributed by atoms with van der Waals surface area (Å²) in [7, 11) is 5.57. The number of benzene rings is 2. The van der Waals surface area contributed by atoms with Crippen molar-refractivity contribution in [2.75, 3.05) is 54.6 Å². The number of halogens is 1. The van der Waals surface area contributed by atoms with Crippen molar-refractivity contribution >= 4 is 64.9 Å². The van der Waals surface area contributed by atoms with Gasteiger partial charge in [0.25, 0.3) is 0 Å². The summed E-state index contributed by atoms with van der Waals surface area (Å²) >= 11 is 3.34. The van der Waals surface area contributed by atoms with Crippen molar-refractivity contribution in [2.24, 2.45) is 0 Å². The van der Waals surface area contributed by atoms with Crippen LogP contribution >= 0.6 is 15.9 Å². The van der Waals surface area contributed by atoms with Crippen molar-refractivity contribution in [2.45, 2.75) is 104 Å². The fourth-order valence-corrected chi connectivity index (χ4v) is 6.52. The number of ether oxygens (including phenoxy) is 6. The van der Waals surface area contributed by atoms with Crippen molar-refractivity contribution < 1.29 is 56.9 Å². The molecular formula is C48H66BBrN2O12. The van der Waals surface area contributed by atoms with E-state index in [-0.39, 0.29) is 36.5 Å². The van der Waals surface area contributed by atoms with Gasteiger partial charge in [-0.05, 0) is 151 Å². The molecule has 0 radical (unpaired) electrons. The second-order valence-electron chi connectivity index (χ2n) is 18.0. The predicted octanol–water partition coefficient (Wildman–Crippen LogP) is 9.73. The molecule has 1 fully saturated rings. The van der Waals surface area contributed by atoms with Gasteiger partial charge in [0.2, 0.25) is 0 Å². The van der Waals surface area contributed by atoms with Crippen molar-refractivity contribution in [1.82, 2.24) is 9.80 Å². The molecule has 0 N–H and O–H groups in total. The lowest BCUT2D eigenvalue weighted by Crippen LogP contribution is -2.41. The summed E-state index contributed by atoms with van der Waals surface area (Å²) in [5.74, 6) is 0.660. The third-order valence-electron chi connectivity index (χ3n) is 10.3. The summed E-state index contributed by atoms with van der Waals surface area (Å²) < 4.78 is 43.5. The Labute approximate surface area is 388 Å². The average Bonchev–Trinajstić information content (AvgIpc) is 3.46. The number of carbonyl (C=O) groups excluding carboxylic acids is 4. The molecule has 3 aliphatic heterocycles. The lowest BCUT2D eigenvalue weighted by molar-refractivity contribution is -0.135. The lowest BCUT2D eigenvalue weighted by Gasteiger charge is -2.32. The first kappa shape index (κ1) is 53.3. The number of methoxy groups -OCH3 is 4. The van der Waals surface area contributed by atoms with E-state index < -0.39 is 17.2 Å². The molecule has 3 heterocycles. The molecular weight excluding hydrogens is 887 g/mol. The molecule has 0 aromatic heterocycles. The molecule has 2 aromatic rings. The lowest BCUT2D eigenvalue weighted by atomic mass is 9.75. The normalized spacial score (nSPS) is 17.0. The van der Waals surface area contributed by atoms with Gasteiger partial charge in [0.15, 0.2) is 0 Å². The monoisotopic (exact) mass is 952 g/mol. The molecule has 2 amide bonds. The average molecular weight is 954 g/mol. The molecule has 16 heteroatoms. The van der Waals surface area contributed by atoms with E-state index in [0.717, 1.165) is 50.1 Å². The van der Waals surface area contributed by atoms with Crippen LogP contribution in [-0.2, 0) is 37.8 Å². The molecule has 0 bridgehead atoms. The van der Waals surface area contributed by atoms with Gasteiger partial charge in [-0.15, -0.1) is 0 Å². The smallest absolute Gasteiger partial charge is 0.490 e. The van der Waals surface area contributed by atoms with Crippen LogP contribution in [0.4, 0.5) is 9.59 Å². The second-order valence-corrected chi connectivity index (χ2v) is 18.9. The Morgan fingerprint density at radius 1 is 0.672 bits per heavy atom. The van der Waals surface area contributed by atoms with Gasteiger partial charge < -0.3 is 47.5 Å². The predicted molar refractivity (Wildman–Crippen MR) is 253 cm³/mol. The largest absolute Gasteiger partial charge is 0.496 e. The number of amides is 2. The summed E-state index contributed by atoms with van der Waals surface area (Å²) in [4.78, 5) is 49.7. The quantitative estimate of drug-likeness (QED) is 0.107. The van der Waals surface area contributed by atoms with Crippen molar-refractivity contribution in [3.05, 3.63) is 87.3 Å².